The van der Waals surface area contributed by atoms with E-state index in [1.165, 1.54) is 19.2 Å². The maximum absolute atomic E-state index is 11.7. The summed E-state index contributed by atoms with van der Waals surface area (Å²) < 4.78 is 46.8. The van der Waals surface area contributed by atoms with Crippen molar-refractivity contribution in [1.29, 1.82) is 0 Å². The Kier molecular flexibility index (Phi) is 20.8. The van der Waals surface area contributed by atoms with Crippen molar-refractivity contribution in [2.24, 2.45) is 0 Å². The lowest BCUT2D eigenvalue weighted by Gasteiger charge is -2.11. The number of methoxy groups -OCH3 is 5. The van der Waals surface area contributed by atoms with E-state index in [0.29, 0.717) is 81.4 Å². The molecule has 0 heterocycles. The number of esters is 1. The van der Waals surface area contributed by atoms with E-state index < -0.39 is 11.9 Å². The van der Waals surface area contributed by atoms with Gasteiger partial charge in [0.25, 0.3) is 0 Å². The summed E-state index contributed by atoms with van der Waals surface area (Å²) >= 11 is 0. The maximum Gasteiger partial charge on any atom is 0.338 e. The van der Waals surface area contributed by atoms with Gasteiger partial charge in [0.05, 0.1) is 44.7 Å². The van der Waals surface area contributed by atoms with Crippen molar-refractivity contribution in [1.82, 2.24) is 0 Å². The van der Waals surface area contributed by atoms with Crippen molar-refractivity contribution < 1.29 is 57.3 Å². The van der Waals surface area contributed by atoms with E-state index in [-0.39, 0.29) is 5.56 Å². The third-order valence-electron chi connectivity index (χ3n) is 5.47. The summed E-state index contributed by atoms with van der Waals surface area (Å²) in [7, 11) is 7.87. The maximum atomic E-state index is 11.7. The van der Waals surface area contributed by atoms with Crippen molar-refractivity contribution in [3.8, 4) is 23.0 Å². The highest BCUT2D eigenvalue weighted by Gasteiger charge is 2.11. The minimum atomic E-state index is -1.01. The van der Waals surface area contributed by atoms with Gasteiger partial charge in [-0.3, -0.25) is 0 Å². The van der Waals surface area contributed by atoms with Crippen LogP contribution in [0.4, 0.5) is 0 Å². The van der Waals surface area contributed by atoms with Crippen LogP contribution in [-0.2, 0) is 23.7 Å². The van der Waals surface area contributed by atoms with Gasteiger partial charge in [-0.05, 0) is 24.3 Å². The fourth-order valence-corrected chi connectivity index (χ4v) is 3.41. The Hall–Kier alpha value is -3.58. The number of carboxylic acid groups (broad SMARTS) is 1. The average molecular weight is 611 g/mol. The third-order valence-corrected chi connectivity index (χ3v) is 5.47. The highest BCUT2D eigenvalue weighted by Crippen LogP contribution is 2.25. The molecule has 2 rings (SSSR count). The van der Waals surface area contributed by atoms with Crippen LogP contribution in [0.25, 0.3) is 0 Å². The fraction of sp³-hybridized carbons (Fsp3) is 0.548. The van der Waals surface area contributed by atoms with Gasteiger partial charge in [-0.15, -0.1) is 0 Å². The van der Waals surface area contributed by atoms with E-state index in [1.54, 1.807) is 52.7 Å². The molecule has 12 nitrogen and oxygen atoms in total. The standard InChI is InChI=1S/C16H24O6.C15H22O6/c1-18-6-4-8-21-14-10-13(16(17)20-3)11-15(12-14)22-9-5-7-19-2;1-18-5-3-7-20-13-9-12(15(16)17)10-14(11-13)21-8-4-6-19-2/h10-12H,4-9H2,1-3H3;9-11H,3-8H2,1-2H3,(H,16,17). The van der Waals surface area contributed by atoms with Crippen LogP contribution >= 0.6 is 0 Å². The van der Waals surface area contributed by atoms with Gasteiger partial charge in [-0.1, -0.05) is 0 Å². The topological polar surface area (TPSA) is 137 Å². The smallest absolute Gasteiger partial charge is 0.338 e. The molecule has 0 radical (unpaired) electrons. The lowest BCUT2D eigenvalue weighted by atomic mass is 10.2. The zero-order valence-electron chi connectivity index (χ0n) is 25.9. The van der Waals surface area contributed by atoms with E-state index >= 15 is 0 Å². The molecule has 0 fully saturated rings. The molecule has 2 aromatic carbocycles. The number of hydrogen-bond donors (Lipinski definition) is 1. The Morgan fingerprint density at radius 1 is 0.488 bits per heavy atom. The van der Waals surface area contributed by atoms with Crippen LogP contribution < -0.4 is 18.9 Å². The summed E-state index contributed by atoms with van der Waals surface area (Å²) in [5.41, 5.74) is 0.537. The Balaban J connectivity index is 0.000000430. The summed E-state index contributed by atoms with van der Waals surface area (Å²) in [6, 6.07) is 9.69. The molecule has 0 bridgehead atoms. The molecule has 0 aromatic heterocycles. The predicted molar refractivity (Wildman–Crippen MR) is 159 cm³/mol. The van der Waals surface area contributed by atoms with Gasteiger partial charge in [0.1, 0.15) is 23.0 Å². The van der Waals surface area contributed by atoms with Crippen molar-refractivity contribution >= 4 is 11.9 Å². The number of aromatic carboxylic acids is 1. The van der Waals surface area contributed by atoms with Crippen LogP contribution in [0.5, 0.6) is 23.0 Å². The third kappa shape index (κ3) is 17.2. The minimum Gasteiger partial charge on any atom is -0.493 e. The van der Waals surface area contributed by atoms with Crippen molar-refractivity contribution in [3.05, 3.63) is 47.5 Å². The van der Waals surface area contributed by atoms with Gasteiger partial charge in [-0.25, -0.2) is 9.59 Å². The molecule has 0 unspecified atom stereocenters. The van der Waals surface area contributed by atoms with E-state index in [2.05, 4.69) is 0 Å². The molecule has 2 aromatic rings. The first-order chi connectivity index (χ1) is 20.9. The average Bonchev–Trinajstić information content (AvgIpc) is 3.01. The molecule has 12 heteroatoms. The molecule has 0 spiro atoms. The van der Waals surface area contributed by atoms with Crippen LogP contribution in [0.2, 0.25) is 0 Å². The monoisotopic (exact) mass is 610 g/mol. The number of carbonyl (C=O) groups excluding carboxylic acids is 1. The molecule has 242 valence electrons. The lowest BCUT2D eigenvalue weighted by Crippen LogP contribution is -2.06. The molecule has 0 aliphatic heterocycles. The quantitative estimate of drug-likeness (QED) is 0.148. The number of benzene rings is 2. The molecule has 0 aliphatic carbocycles. The highest BCUT2D eigenvalue weighted by molar-refractivity contribution is 5.90. The molecule has 43 heavy (non-hydrogen) atoms. The van der Waals surface area contributed by atoms with E-state index in [1.807, 2.05) is 0 Å². The number of carbonyl (C=O) groups is 2. The Morgan fingerprint density at radius 2 is 0.791 bits per heavy atom. The van der Waals surface area contributed by atoms with Crippen molar-refractivity contribution in [2.45, 2.75) is 25.7 Å². The van der Waals surface area contributed by atoms with Crippen molar-refractivity contribution in [2.75, 3.05) is 88.4 Å². The molecule has 0 saturated heterocycles. The van der Waals surface area contributed by atoms with E-state index in [0.717, 1.165) is 25.7 Å². The number of carboxylic acids is 1. The molecule has 0 aliphatic rings. The molecular weight excluding hydrogens is 564 g/mol. The molecule has 0 saturated carbocycles. The van der Waals surface area contributed by atoms with Gasteiger partial charge in [0.15, 0.2) is 0 Å². The highest BCUT2D eigenvalue weighted by atomic mass is 16.5. The number of rotatable bonds is 22. The second-order valence-electron chi connectivity index (χ2n) is 8.96. The first kappa shape index (κ1) is 37.4. The molecule has 0 atom stereocenters. The van der Waals surface area contributed by atoms with Crippen LogP contribution in [0.3, 0.4) is 0 Å². The summed E-state index contributed by atoms with van der Waals surface area (Å²) in [6.45, 7) is 4.36. The second-order valence-corrected chi connectivity index (χ2v) is 8.96. The SMILES string of the molecule is COCCCOc1cc(OCCCOC)cc(C(=O)O)c1.COCCCOc1cc(OCCCOC)cc(C(=O)OC)c1. The first-order valence-corrected chi connectivity index (χ1v) is 14.0. The van der Waals surface area contributed by atoms with Gasteiger partial charge < -0.3 is 47.7 Å². The van der Waals surface area contributed by atoms with Crippen molar-refractivity contribution in [3.63, 3.8) is 0 Å². The zero-order chi connectivity index (χ0) is 31.7. The molecule has 1 N–H and O–H groups in total. The van der Waals surface area contributed by atoms with Gasteiger partial charge >= 0.3 is 11.9 Å². The lowest BCUT2D eigenvalue weighted by molar-refractivity contribution is 0.0598. The number of hydrogen-bond acceptors (Lipinski definition) is 11. The Labute approximate surface area is 254 Å². The summed E-state index contributed by atoms with van der Waals surface area (Å²) in [5, 5.41) is 9.10. The first-order valence-electron chi connectivity index (χ1n) is 14.0. The predicted octanol–water partition coefficient (Wildman–Crippen LogP) is 4.52. The van der Waals surface area contributed by atoms with E-state index in [9.17, 15) is 9.59 Å². The van der Waals surface area contributed by atoms with Gasteiger partial charge in [0.2, 0.25) is 0 Å². The molecule has 0 amide bonds. The summed E-state index contributed by atoms with van der Waals surface area (Å²) in [4.78, 5) is 22.8. The zero-order valence-corrected chi connectivity index (χ0v) is 25.9. The number of ether oxygens (including phenoxy) is 9. The van der Waals surface area contributed by atoms with Gasteiger partial charge in [-0.2, -0.15) is 0 Å². The minimum absolute atomic E-state index is 0.140. The van der Waals surface area contributed by atoms with E-state index in [4.69, 9.17) is 47.7 Å². The largest absolute Gasteiger partial charge is 0.493 e. The second kappa shape index (κ2) is 23.9. The summed E-state index contributed by atoms with van der Waals surface area (Å²) in [5.74, 6) is 0.658. The Morgan fingerprint density at radius 3 is 1.05 bits per heavy atom. The van der Waals surface area contributed by atoms with Crippen LogP contribution in [0, 0.1) is 0 Å². The van der Waals surface area contributed by atoms with Crippen LogP contribution in [0.1, 0.15) is 46.4 Å². The molecular formula is C31H46O12. The Bertz CT molecular complexity index is 983. The van der Waals surface area contributed by atoms with Crippen LogP contribution in [-0.4, -0.2) is 105 Å². The van der Waals surface area contributed by atoms with Gasteiger partial charge in [0, 0.05) is 92.7 Å². The fourth-order valence-electron chi connectivity index (χ4n) is 3.41. The van der Waals surface area contributed by atoms with Crippen LogP contribution in [0.15, 0.2) is 36.4 Å². The summed E-state index contributed by atoms with van der Waals surface area (Å²) in [6.07, 6.45) is 3.00. The normalized spacial score (nSPS) is 10.3.